The highest BCUT2D eigenvalue weighted by Gasteiger charge is 2.24. The summed E-state index contributed by atoms with van der Waals surface area (Å²) in [5, 5.41) is 5.05. The quantitative estimate of drug-likeness (QED) is 0.785. The highest BCUT2D eigenvalue weighted by atomic mass is 16.2. The summed E-state index contributed by atoms with van der Waals surface area (Å²) in [6, 6.07) is 19.2. The molecular weight excluding hydrogens is 300 g/mol. The third-order valence-electron chi connectivity index (χ3n) is 4.43. The van der Waals surface area contributed by atoms with E-state index in [0.29, 0.717) is 17.7 Å². The average Bonchev–Trinajstić information content (AvgIpc) is 2.88. The number of benzene rings is 3. The molecule has 3 aromatic carbocycles. The molecule has 0 saturated heterocycles. The Labute approximate surface area is 139 Å². The fourth-order valence-electron chi connectivity index (χ4n) is 3.08. The first-order chi connectivity index (χ1) is 11.6. The van der Waals surface area contributed by atoms with Gasteiger partial charge in [0.25, 0.3) is 5.91 Å². The van der Waals surface area contributed by atoms with Crippen molar-refractivity contribution in [1.29, 1.82) is 0 Å². The minimum absolute atomic E-state index is 0.0722. The van der Waals surface area contributed by atoms with Gasteiger partial charge in [-0.1, -0.05) is 30.3 Å². The minimum Gasteiger partial charge on any atom is -0.322 e. The second kappa shape index (κ2) is 5.49. The number of nitrogens with one attached hydrogen (secondary N) is 1. The SMILES string of the molecule is CN1C(=O)Cc2cc(NC(=O)c3ccc4ccccc4c3)ccc21. The monoisotopic (exact) mass is 316 g/mol. The lowest BCUT2D eigenvalue weighted by molar-refractivity contribution is -0.117. The summed E-state index contributed by atoms with van der Waals surface area (Å²) in [5.41, 5.74) is 3.17. The number of hydrogen-bond donors (Lipinski definition) is 1. The minimum atomic E-state index is -0.154. The summed E-state index contributed by atoms with van der Waals surface area (Å²) in [6.07, 6.45) is 0.380. The molecule has 0 aliphatic carbocycles. The van der Waals surface area contributed by atoms with Crippen LogP contribution in [-0.2, 0) is 11.2 Å². The fraction of sp³-hybridized carbons (Fsp3) is 0.100. The number of carbonyl (C=O) groups excluding carboxylic acids is 2. The highest BCUT2D eigenvalue weighted by Crippen LogP contribution is 2.30. The van der Waals surface area contributed by atoms with Crippen molar-refractivity contribution in [2.75, 3.05) is 17.3 Å². The summed E-state index contributed by atoms with van der Waals surface area (Å²) in [7, 11) is 1.77. The van der Waals surface area contributed by atoms with E-state index in [1.807, 2.05) is 60.7 Å². The largest absolute Gasteiger partial charge is 0.322 e. The Balaban J connectivity index is 1.60. The molecule has 0 spiro atoms. The van der Waals surface area contributed by atoms with Crippen LogP contribution in [-0.4, -0.2) is 18.9 Å². The van der Waals surface area contributed by atoms with E-state index < -0.39 is 0 Å². The van der Waals surface area contributed by atoms with Gasteiger partial charge >= 0.3 is 0 Å². The Morgan fingerprint density at radius 2 is 1.79 bits per heavy atom. The van der Waals surface area contributed by atoms with Crippen LogP contribution in [0.3, 0.4) is 0 Å². The van der Waals surface area contributed by atoms with E-state index in [1.165, 1.54) is 0 Å². The Bertz CT molecular complexity index is 978. The molecule has 3 aromatic rings. The van der Waals surface area contributed by atoms with Gasteiger partial charge in [0.1, 0.15) is 0 Å². The lowest BCUT2D eigenvalue weighted by Crippen LogP contribution is -2.20. The summed E-state index contributed by atoms with van der Waals surface area (Å²) in [5.74, 6) is -0.0820. The number of nitrogens with zero attached hydrogens (tertiary/aromatic N) is 1. The zero-order valence-corrected chi connectivity index (χ0v) is 13.2. The molecule has 118 valence electrons. The van der Waals surface area contributed by atoms with Crippen molar-refractivity contribution in [3.05, 3.63) is 71.8 Å². The number of hydrogen-bond acceptors (Lipinski definition) is 2. The molecule has 0 bridgehead atoms. The van der Waals surface area contributed by atoms with Crippen LogP contribution in [0.1, 0.15) is 15.9 Å². The summed E-state index contributed by atoms with van der Waals surface area (Å²) < 4.78 is 0. The van der Waals surface area contributed by atoms with Gasteiger partial charge in [0.15, 0.2) is 0 Å². The highest BCUT2D eigenvalue weighted by molar-refractivity contribution is 6.07. The molecule has 4 rings (SSSR count). The number of anilines is 2. The van der Waals surface area contributed by atoms with E-state index >= 15 is 0 Å². The van der Waals surface area contributed by atoms with Crippen LogP contribution >= 0.6 is 0 Å². The molecule has 1 heterocycles. The molecule has 2 amide bonds. The van der Waals surface area contributed by atoms with Gasteiger partial charge in [-0.15, -0.1) is 0 Å². The second-order valence-corrected chi connectivity index (χ2v) is 5.99. The van der Waals surface area contributed by atoms with Gasteiger partial charge in [0.2, 0.25) is 5.91 Å². The maximum absolute atomic E-state index is 12.5. The van der Waals surface area contributed by atoms with Gasteiger partial charge < -0.3 is 10.2 Å². The van der Waals surface area contributed by atoms with Crippen molar-refractivity contribution in [3.8, 4) is 0 Å². The fourth-order valence-corrected chi connectivity index (χ4v) is 3.08. The van der Waals surface area contributed by atoms with Crippen molar-refractivity contribution in [3.63, 3.8) is 0 Å². The van der Waals surface area contributed by atoms with Crippen LogP contribution < -0.4 is 10.2 Å². The van der Waals surface area contributed by atoms with Crippen LogP contribution in [0.5, 0.6) is 0 Å². The molecule has 0 aromatic heterocycles. The number of carbonyl (C=O) groups is 2. The predicted octanol–water partition coefficient (Wildman–Crippen LogP) is 3.61. The molecule has 24 heavy (non-hydrogen) atoms. The van der Waals surface area contributed by atoms with Gasteiger partial charge in [0, 0.05) is 24.0 Å². The third-order valence-corrected chi connectivity index (χ3v) is 4.43. The van der Waals surface area contributed by atoms with Crippen LogP contribution in [0.15, 0.2) is 60.7 Å². The lowest BCUT2D eigenvalue weighted by Gasteiger charge is -2.11. The molecule has 1 aliphatic rings. The van der Waals surface area contributed by atoms with Crippen molar-refractivity contribution in [2.45, 2.75) is 6.42 Å². The zero-order chi connectivity index (χ0) is 16.7. The lowest BCUT2D eigenvalue weighted by atomic mass is 10.1. The molecule has 4 nitrogen and oxygen atoms in total. The molecule has 1 aliphatic heterocycles. The zero-order valence-electron chi connectivity index (χ0n) is 13.2. The molecule has 0 radical (unpaired) electrons. The first kappa shape index (κ1) is 14.5. The van der Waals surface area contributed by atoms with Gasteiger partial charge in [-0.2, -0.15) is 0 Å². The Hall–Kier alpha value is -3.14. The van der Waals surface area contributed by atoms with E-state index in [-0.39, 0.29) is 11.8 Å². The first-order valence-electron chi connectivity index (χ1n) is 7.81. The van der Waals surface area contributed by atoms with Crippen LogP contribution in [0.25, 0.3) is 10.8 Å². The van der Waals surface area contributed by atoms with Gasteiger partial charge in [-0.25, -0.2) is 0 Å². The first-order valence-corrected chi connectivity index (χ1v) is 7.81. The Kier molecular flexibility index (Phi) is 3.31. The molecular formula is C20H16N2O2. The van der Waals surface area contributed by atoms with E-state index in [1.54, 1.807) is 11.9 Å². The topological polar surface area (TPSA) is 49.4 Å². The van der Waals surface area contributed by atoms with E-state index in [4.69, 9.17) is 0 Å². The second-order valence-electron chi connectivity index (χ2n) is 5.99. The molecule has 0 unspecified atom stereocenters. The normalized spacial score (nSPS) is 13.2. The summed E-state index contributed by atoms with van der Waals surface area (Å²) in [6.45, 7) is 0. The molecule has 0 fully saturated rings. The van der Waals surface area contributed by atoms with E-state index in [0.717, 1.165) is 22.0 Å². The van der Waals surface area contributed by atoms with Crippen molar-refractivity contribution < 1.29 is 9.59 Å². The van der Waals surface area contributed by atoms with Crippen LogP contribution in [0.2, 0.25) is 0 Å². The standard InChI is InChI=1S/C20H16N2O2/c1-22-18-9-8-17(11-16(18)12-19(22)23)21-20(24)15-7-6-13-4-2-3-5-14(13)10-15/h2-11H,12H2,1H3,(H,21,24). The summed E-state index contributed by atoms with van der Waals surface area (Å²) >= 11 is 0. The molecule has 0 saturated carbocycles. The van der Waals surface area contributed by atoms with Crippen molar-refractivity contribution in [2.24, 2.45) is 0 Å². The molecule has 4 heteroatoms. The average molecular weight is 316 g/mol. The van der Waals surface area contributed by atoms with Crippen LogP contribution in [0.4, 0.5) is 11.4 Å². The molecule has 1 N–H and O–H groups in total. The molecule has 0 atom stereocenters. The van der Waals surface area contributed by atoms with Crippen molar-refractivity contribution >= 4 is 34.0 Å². The van der Waals surface area contributed by atoms with E-state index in [2.05, 4.69) is 5.32 Å². The van der Waals surface area contributed by atoms with E-state index in [9.17, 15) is 9.59 Å². The van der Waals surface area contributed by atoms with Gasteiger partial charge in [-0.05, 0) is 46.7 Å². The Morgan fingerprint density at radius 3 is 2.62 bits per heavy atom. The number of likely N-dealkylation sites (N-methyl/N-ethyl adjacent to an activating group) is 1. The smallest absolute Gasteiger partial charge is 0.255 e. The third kappa shape index (κ3) is 2.42. The van der Waals surface area contributed by atoms with Gasteiger partial charge in [-0.3, -0.25) is 9.59 Å². The maximum atomic E-state index is 12.5. The Morgan fingerprint density at radius 1 is 1.00 bits per heavy atom. The predicted molar refractivity (Wildman–Crippen MR) is 95.5 cm³/mol. The number of amides is 2. The van der Waals surface area contributed by atoms with Crippen LogP contribution in [0, 0.1) is 0 Å². The van der Waals surface area contributed by atoms with Crippen molar-refractivity contribution in [1.82, 2.24) is 0 Å². The maximum Gasteiger partial charge on any atom is 0.255 e. The van der Waals surface area contributed by atoms with Gasteiger partial charge in [0.05, 0.1) is 6.42 Å². The number of fused-ring (bicyclic) bond motifs is 2. The number of rotatable bonds is 2. The summed E-state index contributed by atoms with van der Waals surface area (Å²) in [4.78, 5) is 25.9.